The molecule has 0 spiro atoms. The Morgan fingerprint density at radius 2 is 2.00 bits per heavy atom. The van der Waals surface area contributed by atoms with Crippen molar-refractivity contribution in [3.05, 3.63) is 64.9 Å². The third-order valence-electron chi connectivity index (χ3n) is 2.80. The largest absolute Gasteiger partial charge is 0.491 e. The van der Waals surface area contributed by atoms with E-state index in [1.807, 2.05) is 30.3 Å². The van der Waals surface area contributed by atoms with Crippen LogP contribution in [0.5, 0.6) is 5.75 Å². The van der Waals surface area contributed by atoms with Gasteiger partial charge in [-0.25, -0.2) is 4.39 Å². The minimum atomic E-state index is -0.642. The molecule has 3 nitrogen and oxygen atoms in total. The van der Waals surface area contributed by atoms with Crippen molar-refractivity contribution in [1.82, 2.24) is 5.32 Å². The molecular weight excluding hydrogens is 293 g/mol. The molecule has 0 radical (unpaired) electrons. The highest BCUT2D eigenvalue weighted by atomic mass is 35.5. The van der Waals surface area contributed by atoms with Gasteiger partial charge in [0.15, 0.2) is 0 Å². The summed E-state index contributed by atoms with van der Waals surface area (Å²) in [6, 6.07) is 13.0. The van der Waals surface area contributed by atoms with E-state index in [9.17, 15) is 9.18 Å². The predicted octanol–water partition coefficient (Wildman–Crippen LogP) is 3.68. The molecule has 0 aliphatic rings. The summed E-state index contributed by atoms with van der Waals surface area (Å²) in [6.45, 7) is 2.08. The van der Waals surface area contributed by atoms with E-state index in [0.29, 0.717) is 6.61 Å². The number of rotatable bonds is 5. The first-order valence-electron chi connectivity index (χ1n) is 6.50. The molecule has 0 heterocycles. The van der Waals surface area contributed by atoms with Gasteiger partial charge in [0.2, 0.25) is 0 Å². The Morgan fingerprint density at radius 1 is 1.29 bits per heavy atom. The van der Waals surface area contributed by atoms with E-state index < -0.39 is 11.7 Å². The smallest absolute Gasteiger partial charge is 0.254 e. The molecule has 0 bridgehead atoms. The zero-order valence-electron chi connectivity index (χ0n) is 11.5. The molecule has 1 atom stereocenters. The van der Waals surface area contributed by atoms with Crippen molar-refractivity contribution in [3.8, 4) is 5.75 Å². The van der Waals surface area contributed by atoms with Gasteiger partial charge in [-0.15, -0.1) is 0 Å². The summed E-state index contributed by atoms with van der Waals surface area (Å²) >= 11 is 5.65. The fraction of sp³-hybridized carbons (Fsp3) is 0.188. The summed E-state index contributed by atoms with van der Waals surface area (Å²) in [5, 5.41) is 2.93. The molecule has 2 rings (SSSR count). The number of benzene rings is 2. The molecule has 0 fully saturated rings. The molecule has 0 saturated heterocycles. The highest BCUT2D eigenvalue weighted by Gasteiger charge is 2.14. The van der Waals surface area contributed by atoms with Gasteiger partial charge in [-0.3, -0.25) is 4.79 Å². The van der Waals surface area contributed by atoms with Crippen LogP contribution in [0.25, 0.3) is 0 Å². The minimum absolute atomic E-state index is 0.0361. The molecule has 1 N–H and O–H groups in total. The van der Waals surface area contributed by atoms with Gasteiger partial charge < -0.3 is 10.1 Å². The second-order valence-electron chi connectivity index (χ2n) is 4.62. The summed E-state index contributed by atoms with van der Waals surface area (Å²) in [4.78, 5) is 11.9. The highest BCUT2D eigenvalue weighted by molar-refractivity contribution is 6.30. The van der Waals surface area contributed by atoms with Crippen LogP contribution in [0, 0.1) is 5.82 Å². The van der Waals surface area contributed by atoms with Gasteiger partial charge in [-0.2, -0.15) is 0 Å². The second kappa shape index (κ2) is 7.09. The SMILES string of the molecule is CC(COc1ccccc1)NC(=O)c1ccc(Cl)cc1F. The minimum Gasteiger partial charge on any atom is -0.491 e. The van der Waals surface area contributed by atoms with Crippen molar-refractivity contribution in [1.29, 1.82) is 0 Å². The van der Waals surface area contributed by atoms with E-state index >= 15 is 0 Å². The normalized spacial score (nSPS) is 11.8. The number of carbonyl (C=O) groups is 1. The molecule has 21 heavy (non-hydrogen) atoms. The van der Waals surface area contributed by atoms with Crippen LogP contribution < -0.4 is 10.1 Å². The van der Waals surface area contributed by atoms with Crippen LogP contribution >= 0.6 is 11.6 Å². The second-order valence-corrected chi connectivity index (χ2v) is 5.06. The van der Waals surface area contributed by atoms with Gasteiger partial charge >= 0.3 is 0 Å². The number of nitrogens with one attached hydrogen (secondary N) is 1. The number of carbonyl (C=O) groups excluding carboxylic acids is 1. The van der Waals surface area contributed by atoms with Gasteiger partial charge in [-0.05, 0) is 37.3 Å². The summed E-state index contributed by atoms with van der Waals surface area (Å²) in [5.41, 5.74) is -0.0361. The van der Waals surface area contributed by atoms with E-state index in [1.165, 1.54) is 12.1 Å². The Kier molecular flexibility index (Phi) is 5.17. The van der Waals surface area contributed by atoms with Crippen LogP contribution in [0.1, 0.15) is 17.3 Å². The van der Waals surface area contributed by atoms with Crippen LogP contribution in [-0.2, 0) is 0 Å². The first-order chi connectivity index (χ1) is 10.1. The summed E-state index contributed by atoms with van der Waals surface area (Å²) in [5.74, 6) is -0.416. The van der Waals surface area contributed by atoms with Crippen LogP contribution in [0.4, 0.5) is 4.39 Å². The Balaban J connectivity index is 1.90. The molecule has 0 aromatic heterocycles. The van der Waals surface area contributed by atoms with Gasteiger partial charge in [0.1, 0.15) is 18.2 Å². The number of ether oxygens (including phenoxy) is 1. The Hall–Kier alpha value is -2.07. The van der Waals surface area contributed by atoms with Crippen molar-refractivity contribution in [2.45, 2.75) is 13.0 Å². The third-order valence-corrected chi connectivity index (χ3v) is 3.03. The standard InChI is InChI=1S/C16H15ClFNO2/c1-11(10-21-13-5-3-2-4-6-13)19-16(20)14-8-7-12(17)9-15(14)18/h2-9,11H,10H2,1H3,(H,19,20). The number of hydrogen-bond donors (Lipinski definition) is 1. The van der Waals surface area contributed by atoms with Gasteiger partial charge in [0.05, 0.1) is 11.6 Å². The monoisotopic (exact) mass is 307 g/mol. The molecular formula is C16H15ClFNO2. The molecule has 2 aromatic carbocycles. The predicted molar refractivity (Wildman–Crippen MR) is 80.3 cm³/mol. The average Bonchev–Trinajstić information content (AvgIpc) is 2.46. The fourth-order valence-electron chi connectivity index (χ4n) is 1.75. The number of hydrogen-bond acceptors (Lipinski definition) is 2. The van der Waals surface area contributed by atoms with E-state index in [1.54, 1.807) is 6.92 Å². The lowest BCUT2D eigenvalue weighted by Gasteiger charge is -2.15. The molecule has 0 aliphatic carbocycles. The Labute approximate surface area is 127 Å². The molecule has 0 aliphatic heterocycles. The number of amides is 1. The van der Waals surface area contributed by atoms with Crippen molar-refractivity contribution >= 4 is 17.5 Å². The van der Waals surface area contributed by atoms with Crippen LogP contribution in [0.15, 0.2) is 48.5 Å². The lowest BCUT2D eigenvalue weighted by atomic mass is 10.2. The van der Waals surface area contributed by atoms with Crippen molar-refractivity contribution in [2.24, 2.45) is 0 Å². The maximum atomic E-state index is 13.6. The quantitative estimate of drug-likeness (QED) is 0.915. The summed E-state index contributed by atoms with van der Waals surface area (Å²) < 4.78 is 19.1. The molecule has 5 heteroatoms. The Morgan fingerprint density at radius 3 is 2.67 bits per heavy atom. The van der Waals surface area contributed by atoms with Crippen molar-refractivity contribution in [3.63, 3.8) is 0 Å². The van der Waals surface area contributed by atoms with Crippen molar-refractivity contribution < 1.29 is 13.9 Å². The van der Waals surface area contributed by atoms with Crippen LogP contribution in [-0.4, -0.2) is 18.6 Å². The zero-order valence-corrected chi connectivity index (χ0v) is 12.2. The van der Waals surface area contributed by atoms with Gasteiger partial charge in [0.25, 0.3) is 5.91 Å². The average molecular weight is 308 g/mol. The molecule has 1 unspecified atom stereocenters. The maximum Gasteiger partial charge on any atom is 0.254 e. The van der Waals surface area contributed by atoms with E-state index in [2.05, 4.69) is 5.32 Å². The van der Waals surface area contributed by atoms with Gasteiger partial charge in [0, 0.05) is 5.02 Å². The fourth-order valence-corrected chi connectivity index (χ4v) is 1.91. The number of para-hydroxylation sites is 1. The van der Waals surface area contributed by atoms with Crippen molar-refractivity contribution in [2.75, 3.05) is 6.61 Å². The lowest BCUT2D eigenvalue weighted by molar-refractivity contribution is 0.0922. The van der Waals surface area contributed by atoms with E-state index in [4.69, 9.17) is 16.3 Å². The topological polar surface area (TPSA) is 38.3 Å². The summed E-state index contributed by atoms with van der Waals surface area (Å²) in [7, 11) is 0. The van der Waals surface area contributed by atoms with E-state index in [0.717, 1.165) is 11.8 Å². The Bertz CT molecular complexity index is 619. The zero-order chi connectivity index (χ0) is 15.2. The molecule has 0 saturated carbocycles. The first kappa shape index (κ1) is 15.3. The van der Waals surface area contributed by atoms with Crippen LogP contribution in [0.3, 0.4) is 0 Å². The molecule has 110 valence electrons. The molecule has 1 amide bonds. The maximum absolute atomic E-state index is 13.6. The van der Waals surface area contributed by atoms with Crippen LogP contribution in [0.2, 0.25) is 5.02 Å². The lowest BCUT2D eigenvalue weighted by Crippen LogP contribution is -2.37. The molecule has 2 aromatic rings. The first-order valence-corrected chi connectivity index (χ1v) is 6.88. The number of halogens is 2. The highest BCUT2D eigenvalue weighted by Crippen LogP contribution is 2.14. The van der Waals surface area contributed by atoms with Gasteiger partial charge in [-0.1, -0.05) is 29.8 Å². The van der Waals surface area contributed by atoms with E-state index in [-0.39, 0.29) is 16.6 Å². The summed E-state index contributed by atoms with van der Waals surface area (Å²) in [6.07, 6.45) is 0. The third kappa shape index (κ3) is 4.46.